The third-order valence-corrected chi connectivity index (χ3v) is 2.66. The molecule has 0 radical (unpaired) electrons. The number of carbonyl (C=O) groups excluding carboxylic acids is 1. The summed E-state index contributed by atoms with van der Waals surface area (Å²) in [5, 5.41) is 0. The molecule has 0 saturated heterocycles. The molecule has 0 aliphatic rings. The summed E-state index contributed by atoms with van der Waals surface area (Å²) in [7, 11) is 0. The Morgan fingerprint density at radius 1 is 1.54 bits per heavy atom. The van der Waals surface area contributed by atoms with Gasteiger partial charge in [0.15, 0.2) is 5.78 Å². The van der Waals surface area contributed by atoms with E-state index in [1.54, 1.807) is 6.08 Å². The molecule has 1 nitrogen and oxygen atoms in total. The Morgan fingerprint density at radius 2 is 2.23 bits per heavy atom. The molecule has 70 valence electrons. The van der Waals surface area contributed by atoms with Crippen molar-refractivity contribution in [3.63, 3.8) is 0 Å². The van der Waals surface area contributed by atoms with Gasteiger partial charge >= 0.3 is 0 Å². The molecule has 0 unspecified atom stereocenters. The Bertz CT molecular complexity index is 334. The van der Waals surface area contributed by atoms with Crippen molar-refractivity contribution >= 4 is 28.7 Å². The molecule has 1 aromatic heterocycles. The van der Waals surface area contributed by atoms with Crippen molar-refractivity contribution in [3.05, 3.63) is 33.0 Å². The average molecular weight is 215 g/mol. The molecule has 1 rings (SSSR count). The molecule has 3 heteroatoms. The highest BCUT2D eigenvalue weighted by molar-refractivity contribution is 7.16. The maximum atomic E-state index is 11.3. The van der Waals surface area contributed by atoms with E-state index in [0.29, 0.717) is 6.42 Å². The van der Waals surface area contributed by atoms with Crippen molar-refractivity contribution in [2.24, 2.45) is 0 Å². The van der Waals surface area contributed by atoms with E-state index < -0.39 is 0 Å². The molecule has 1 aromatic rings. The van der Waals surface area contributed by atoms with Crippen LogP contribution in [-0.2, 0) is 11.2 Å². The Balaban J connectivity index is 2.60. The Hall–Kier alpha value is -0.600. The van der Waals surface area contributed by atoms with E-state index in [1.807, 2.05) is 26.0 Å². The summed E-state index contributed by atoms with van der Waals surface area (Å²) >= 11 is 7.20. The van der Waals surface area contributed by atoms with E-state index >= 15 is 0 Å². The lowest BCUT2D eigenvalue weighted by molar-refractivity contribution is -0.114. The molecule has 0 amide bonds. The van der Waals surface area contributed by atoms with Gasteiger partial charge in [0.2, 0.25) is 0 Å². The van der Waals surface area contributed by atoms with E-state index in [1.165, 1.54) is 11.3 Å². The maximum Gasteiger partial charge on any atom is 0.160 e. The number of carbonyl (C=O) groups is 1. The summed E-state index contributed by atoms with van der Waals surface area (Å²) in [6, 6.07) is 3.71. The number of halogens is 1. The van der Waals surface area contributed by atoms with Crippen LogP contribution in [0, 0.1) is 0 Å². The molecule has 0 atom stereocenters. The first-order valence-electron chi connectivity index (χ1n) is 4.00. The molecule has 13 heavy (non-hydrogen) atoms. The molecule has 0 aromatic carbocycles. The third-order valence-electron chi connectivity index (χ3n) is 1.43. The van der Waals surface area contributed by atoms with Gasteiger partial charge < -0.3 is 0 Å². The lowest BCUT2D eigenvalue weighted by Crippen LogP contribution is -1.96. The number of rotatable bonds is 3. The first-order chi connectivity index (χ1) is 6.08. The molecule has 1 heterocycles. The highest BCUT2D eigenvalue weighted by Gasteiger charge is 2.02. The Morgan fingerprint density at radius 3 is 2.69 bits per heavy atom. The second-order valence-corrected chi connectivity index (χ2v) is 4.87. The van der Waals surface area contributed by atoms with Gasteiger partial charge in [0, 0.05) is 11.3 Å². The highest BCUT2D eigenvalue weighted by Crippen LogP contribution is 2.21. The van der Waals surface area contributed by atoms with Gasteiger partial charge in [-0.2, -0.15) is 0 Å². The van der Waals surface area contributed by atoms with Crippen LogP contribution in [0.25, 0.3) is 0 Å². The van der Waals surface area contributed by atoms with Gasteiger partial charge in [-0.25, -0.2) is 0 Å². The first-order valence-corrected chi connectivity index (χ1v) is 5.19. The minimum absolute atomic E-state index is 0.138. The van der Waals surface area contributed by atoms with Crippen LogP contribution in [0.4, 0.5) is 0 Å². The summed E-state index contributed by atoms with van der Waals surface area (Å²) in [6.07, 6.45) is 2.12. The molecular weight excluding hydrogens is 204 g/mol. The minimum Gasteiger partial charge on any atom is -0.294 e. The number of hydrogen-bond donors (Lipinski definition) is 0. The maximum absolute atomic E-state index is 11.3. The zero-order valence-corrected chi connectivity index (χ0v) is 9.21. The van der Waals surface area contributed by atoms with E-state index in [4.69, 9.17) is 11.6 Å². The molecular formula is C10H11ClOS. The van der Waals surface area contributed by atoms with E-state index in [2.05, 4.69) is 0 Å². The Kier molecular flexibility index (Phi) is 3.70. The zero-order valence-electron chi connectivity index (χ0n) is 7.63. The minimum atomic E-state index is 0.138. The molecule has 0 N–H and O–H groups in total. The molecule has 0 saturated carbocycles. The topological polar surface area (TPSA) is 17.1 Å². The monoisotopic (exact) mass is 214 g/mol. The van der Waals surface area contributed by atoms with Crippen LogP contribution >= 0.6 is 22.9 Å². The summed E-state index contributed by atoms with van der Waals surface area (Å²) in [4.78, 5) is 12.3. The fourth-order valence-corrected chi connectivity index (χ4v) is 2.09. The van der Waals surface area contributed by atoms with Crippen molar-refractivity contribution < 1.29 is 4.79 Å². The second kappa shape index (κ2) is 4.58. The van der Waals surface area contributed by atoms with Gasteiger partial charge in [0.1, 0.15) is 0 Å². The van der Waals surface area contributed by atoms with Crippen molar-refractivity contribution in [2.45, 2.75) is 20.3 Å². The van der Waals surface area contributed by atoms with Crippen LogP contribution < -0.4 is 0 Å². The van der Waals surface area contributed by atoms with E-state index in [0.717, 1.165) is 14.8 Å². The van der Waals surface area contributed by atoms with Crippen LogP contribution in [0.3, 0.4) is 0 Å². The van der Waals surface area contributed by atoms with Crippen LogP contribution in [0.2, 0.25) is 4.34 Å². The number of allylic oxidation sites excluding steroid dienone is 2. The van der Waals surface area contributed by atoms with Gasteiger partial charge in [-0.15, -0.1) is 11.3 Å². The van der Waals surface area contributed by atoms with Crippen molar-refractivity contribution in [1.82, 2.24) is 0 Å². The molecule has 0 aliphatic heterocycles. The quantitative estimate of drug-likeness (QED) is 0.705. The lowest BCUT2D eigenvalue weighted by atomic mass is 10.2. The standard InChI is InChI=1S/C10H11ClOS/c1-7(2)5-8(12)6-9-3-4-10(11)13-9/h3-5H,6H2,1-2H3. The predicted molar refractivity (Wildman–Crippen MR) is 57.5 cm³/mol. The van der Waals surface area contributed by atoms with Crippen LogP contribution in [-0.4, -0.2) is 5.78 Å². The second-order valence-electron chi connectivity index (χ2n) is 3.07. The smallest absolute Gasteiger partial charge is 0.160 e. The SMILES string of the molecule is CC(C)=CC(=O)Cc1ccc(Cl)s1. The number of thiophene rings is 1. The summed E-state index contributed by atoms with van der Waals surface area (Å²) < 4.78 is 0.736. The van der Waals surface area contributed by atoms with Gasteiger partial charge in [0.25, 0.3) is 0 Å². The fraction of sp³-hybridized carbons (Fsp3) is 0.300. The Labute approximate surface area is 87.0 Å². The van der Waals surface area contributed by atoms with Crippen molar-refractivity contribution in [1.29, 1.82) is 0 Å². The predicted octanol–water partition coefficient (Wildman–Crippen LogP) is 3.48. The van der Waals surface area contributed by atoms with Gasteiger partial charge in [0.05, 0.1) is 4.34 Å². The number of hydrogen-bond acceptors (Lipinski definition) is 2. The molecule has 0 bridgehead atoms. The van der Waals surface area contributed by atoms with Crippen molar-refractivity contribution in [3.8, 4) is 0 Å². The molecule has 0 fully saturated rings. The zero-order chi connectivity index (χ0) is 9.84. The fourth-order valence-electron chi connectivity index (χ4n) is 0.991. The molecule has 0 spiro atoms. The summed E-state index contributed by atoms with van der Waals surface area (Å²) in [5.41, 5.74) is 1.03. The lowest BCUT2D eigenvalue weighted by Gasteiger charge is -1.92. The molecule has 0 aliphatic carbocycles. The van der Waals surface area contributed by atoms with Crippen molar-refractivity contribution in [2.75, 3.05) is 0 Å². The van der Waals surface area contributed by atoms with E-state index in [-0.39, 0.29) is 5.78 Å². The third kappa shape index (κ3) is 3.75. The van der Waals surface area contributed by atoms with Crippen LogP contribution in [0.15, 0.2) is 23.8 Å². The number of ketones is 1. The first kappa shape index (κ1) is 10.5. The summed E-state index contributed by atoms with van der Waals surface area (Å²) in [5.74, 6) is 0.138. The van der Waals surface area contributed by atoms with Gasteiger partial charge in [-0.3, -0.25) is 4.79 Å². The average Bonchev–Trinajstić information content (AvgIpc) is 2.33. The van der Waals surface area contributed by atoms with Gasteiger partial charge in [-0.1, -0.05) is 17.2 Å². The van der Waals surface area contributed by atoms with Crippen LogP contribution in [0.1, 0.15) is 18.7 Å². The van der Waals surface area contributed by atoms with E-state index in [9.17, 15) is 4.79 Å². The summed E-state index contributed by atoms with van der Waals surface area (Å²) in [6.45, 7) is 3.83. The normalized spacial score (nSPS) is 9.77. The highest BCUT2D eigenvalue weighted by atomic mass is 35.5. The largest absolute Gasteiger partial charge is 0.294 e. The van der Waals surface area contributed by atoms with Crippen LogP contribution in [0.5, 0.6) is 0 Å². The van der Waals surface area contributed by atoms with Gasteiger partial charge in [-0.05, 0) is 32.1 Å².